The van der Waals surface area contributed by atoms with Gasteiger partial charge >= 0.3 is 0 Å². The molecule has 2 amide bonds. The Labute approximate surface area is 152 Å². The van der Waals surface area contributed by atoms with E-state index in [0.29, 0.717) is 12.0 Å². The molecule has 2 N–H and O–H groups in total. The maximum Gasteiger partial charge on any atom is 0.271 e. The van der Waals surface area contributed by atoms with Crippen molar-refractivity contribution in [2.45, 2.75) is 51.0 Å². The number of hydrogen-bond donors (Lipinski definition) is 2. The first-order valence-corrected chi connectivity index (χ1v) is 9.36. The number of carbonyl (C=O) groups excluding carboxylic acids is 2. The number of carbonyl (C=O) groups is 2. The number of nitrogens with one attached hydrogen (secondary N) is 2. The summed E-state index contributed by atoms with van der Waals surface area (Å²) in [6, 6.07) is 0.294. The summed E-state index contributed by atoms with van der Waals surface area (Å²) < 4.78 is 0. The molecule has 0 unspecified atom stereocenters. The summed E-state index contributed by atoms with van der Waals surface area (Å²) in [5, 5.41) is 5.94. The minimum absolute atomic E-state index is 0.0289. The van der Waals surface area contributed by atoms with Crippen LogP contribution in [0, 0.1) is 0 Å². The third kappa shape index (κ3) is 4.81. The van der Waals surface area contributed by atoms with Gasteiger partial charge in [0.1, 0.15) is 0 Å². The SMILES string of the molecule is O=C(CCNC(=O)c1nc(N2CCCC2)ncc1Cl)NC1CCCC1. The van der Waals surface area contributed by atoms with Crippen LogP contribution < -0.4 is 15.5 Å². The molecule has 2 fully saturated rings. The largest absolute Gasteiger partial charge is 0.353 e. The Morgan fingerprint density at radius 1 is 1.20 bits per heavy atom. The average molecular weight is 366 g/mol. The van der Waals surface area contributed by atoms with Crippen LogP contribution in [0.25, 0.3) is 0 Å². The molecule has 136 valence electrons. The van der Waals surface area contributed by atoms with E-state index in [1.165, 1.54) is 19.0 Å². The number of aromatic nitrogens is 2. The number of hydrogen-bond acceptors (Lipinski definition) is 5. The zero-order valence-corrected chi connectivity index (χ0v) is 15.0. The highest BCUT2D eigenvalue weighted by Gasteiger charge is 2.20. The summed E-state index contributed by atoms with van der Waals surface area (Å²) in [5.74, 6) is 0.131. The second-order valence-corrected chi connectivity index (χ2v) is 7.02. The summed E-state index contributed by atoms with van der Waals surface area (Å²) in [5.41, 5.74) is 0.162. The standard InChI is InChI=1S/C17H24ClN5O2/c18-13-11-20-17(23-9-3-4-10-23)22-15(13)16(25)19-8-7-14(24)21-12-5-1-2-6-12/h11-12H,1-10H2,(H,19,25)(H,21,24). The Balaban J connectivity index is 1.50. The molecule has 2 aliphatic rings. The summed E-state index contributed by atoms with van der Waals surface area (Å²) in [6.45, 7) is 2.05. The fourth-order valence-electron chi connectivity index (χ4n) is 3.33. The molecule has 0 aromatic carbocycles. The van der Waals surface area contributed by atoms with Gasteiger partial charge in [-0.3, -0.25) is 9.59 Å². The Hall–Kier alpha value is -1.89. The molecule has 0 bridgehead atoms. The smallest absolute Gasteiger partial charge is 0.271 e. The van der Waals surface area contributed by atoms with Gasteiger partial charge in [-0.15, -0.1) is 0 Å². The number of nitrogens with zero attached hydrogens (tertiary/aromatic N) is 3. The molecule has 2 heterocycles. The fraction of sp³-hybridized carbons (Fsp3) is 0.647. The van der Waals surface area contributed by atoms with Gasteiger partial charge in [-0.2, -0.15) is 0 Å². The van der Waals surface area contributed by atoms with E-state index in [1.54, 1.807) is 0 Å². The molecular formula is C17H24ClN5O2. The van der Waals surface area contributed by atoms with E-state index in [9.17, 15) is 9.59 Å². The van der Waals surface area contributed by atoms with Crippen molar-refractivity contribution in [3.05, 3.63) is 16.9 Å². The highest BCUT2D eigenvalue weighted by molar-refractivity contribution is 6.33. The van der Waals surface area contributed by atoms with Gasteiger partial charge in [0.15, 0.2) is 5.69 Å². The van der Waals surface area contributed by atoms with E-state index in [4.69, 9.17) is 11.6 Å². The van der Waals surface area contributed by atoms with E-state index in [-0.39, 0.29) is 35.5 Å². The van der Waals surface area contributed by atoms with Crippen molar-refractivity contribution < 1.29 is 9.59 Å². The van der Waals surface area contributed by atoms with E-state index in [1.807, 2.05) is 4.90 Å². The van der Waals surface area contributed by atoms with Gasteiger partial charge in [0.25, 0.3) is 5.91 Å². The molecule has 3 rings (SSSR count). The number of halogens is 1. The van der Waals surface area contributed by atoms with Crippen molar-refractivity contribution in [3.63, 3.8) is 0 Å². The summed E-state index contributed by atoms with van der Waals surface area (Å²) >= 11 is 6.07. The second kappa shape index (κ2) is 8.47. The van der Waals surface area contributed by atoms with Gasteiger partial charge in [-0.05, 0) is 25.7 Å². The van der Waals surface area contributed by atoms with Gasteiger partial charge in [0.05, 0.1) is 11.2 Å². The summed E-state index contributed by atoms with van der Waals surface area (Å²) in [6.07, 6.45) is 8.36. The van der Waals surface area contributed by atoms with Crippen molar-refractivity contribution in [3.8, 4) is 0 Å². The molecule has 0 spiro atoms. The van der Waals surface area contributed by atoms with Crippen LogP contribution in [0.2, 0.25) is 5.02 Å². The molecule has 1 saturated carbocycles. The number of anilines is 1. The van der Waals surface area contributed by atoms with Crippen LogP contribution in [-0.4, -0.2) is 47.5 Å². The third-order valence-corrected chi connectivity index (χ3v) is 4.97. The van der Waals surface area contributed by atoms with E-state index in [2.05, 4.69) is 20.6 Å². The quantitative estimate of drug-likeness (QED) is 0.804. The molecule has 1 saturated heterocycles. The lowest BCUT2D eigenvalue weighted by Crippen LogP contribution is -2.36. The van der Waals surface area contributed by atoms with Crippen LogP contribution in [-0.2, 0) is 4.79 Å². The van der Waals surface area contributed by atoms with Gasteiger partial charge in [0, 0.05) is 32.1 Å². The highest BCUT2D eigenvalue weighted by atomic mass is 35.5. The molecule has 1 aromatic heterocycles. The molecule has 1 aliphatic heterocycles. The molecule has 0 radical (unpaired) electrons. The second-order valence-electron chi connectivity index (χ2n) is 6.62. The van der Waals surface area contributed by atoms with E-state index >= 15 is 0 Å². The lowest BCUT2D eigenvalue weighted by atomic mass is 10.2. The zero-order valence-electron chi connectivity index (χ0n) is 14.3. The zero-order chi connectivity index (χ0) is 17.6. The maximum absolute atomic E-state index is 12.3. The number of rotatable bonds is 6. The third-order valence-electron chi connectivity index (χ3n) is 4.69. The molecule has 7 nitrogen and oxygen atoms in total. The van der Waals surface area contributed by atoms with Crippen LogP contribution in [0.1, 0.15) is 55.4 Å². The molecule has 25 heavy (non-hydrogen) atoms. The van der Waals surface area contributed by atoms with E-state index < -0.39 is 0 Å². The van der Waals surface area contributed by atoms with Crippen molar-refractivity contribution in [1.29, 1.82) is 0 Å². The topological polar surface area (TPSA) is 87.2 Å². The van der Waals surface area contributed by atoms with Crippen LogP contribution in [0.5, 0.6) is 0 Å². The maximum atomic E-state index is 12.3. The van der Waals surface area contributed by atoms with Crippen LogP contribution >= 0.6 is 11.6 Å². The van der Waals surface area contributed by atoms with Crippen molar-refractivity contribution >= 4 is 29.4 Å². The summed E-state index contributed by atoms with van der Waals surface area (Å²) in [4.78, 5) is 34.8. The van der Waals surface area contributed by atoms with Gasteiger partial charge in [0.2, 0.25) is 11.9 Å². The Morgan fingerprint density at radius 2 is 1.92 bits per heavy atom. The molecular weight excluding hydrogens is 342 g/mol. The molecule has 1 aliphatic carbocycles. The van der Waals surface area contributed by atoms with Gasteiger partial charge in [-0.25, -0.2) is 9.97 Å². The first kappa shape index (κ1) is 17.9. The summed E-state index contributed by atoms with van der Waals surface area (Å²) in [7, 11) is 0. The van der Waals surface area contributed by atoms with Crippen LogP contribution in [0.4, 0.5) is 5.95 Å². The van der Waals surface area contributed by atoms with Crippen molar-refractivity contribution in [2.75, 3.05) is 24.5 Å². The molecule has 1 aromatic rings. The number of amides is 2. The highest BCUT2D eigenvalue weighted by Crippen LogP contribution is 2.20. The Bertz CT molecular complexity index is 627. The first-order chi connectivity index (χ1) is 12.1. The minimum Gasteiger partial charge on any atom is -0.353 e. The van der Waals surface area contributed by atoms with Gasteiger partial charge in [-0.1, -0.05) is 24.4 Å². The molecule has 8 heteroatoms. The van der Waals surface area contributed by atoms with Crippen molar-refractivity contribution in [2.24, 2.45) is 0 Å². The Morgan fingerprint density at radius 3 is 2.64 bits per heavy atom. The van der Waals surface area contributed by atoms with Crippen LogP contribution in [0.3, 0.4) is 0 Å². The lowest BCUT2D eigenvalue weighted by Gasteiger charge is -2.16. The normalized spacial score (nSPS) is 17.7. The van der Waals surface area contributed by atoms with Crippen molar-refractivity contribution in [1.82, 2.24) is 20.6 Å². The predicted molar refractivity (Wildman–Crippen MR) is 95.8 cm³/mol. The Kier molecular flexibility index (Phi) is 6.07. The monoisotopic (exact) mass is 365 g/mol. The first-order valence-electron chi connectivity index (χ1n) is 8.98. The van der Waals surface area contributed by atoms with Gasteiger partial charge < -0.3 is 15.5 Å². The average Bonchev–Trinajstić information content (AvgIpc) is 3.28. The minimum atomic E-state index is -0.374. The predicted octanol–water partition coefficient (Wildman–Crippen LogP) is 1.91. The fourth-order valence-corrected chi connectivity index (χ4v) is 3.51. The van der Waals surface area contributed by atoms with E-state index in [0.717, 1.165) is 38.8 Å². The van der Waals surface area contributed by atoms with Crippen LogP contribution in [0.15, 0.2) is 6.20 Å². The lowest BCUT2D eigenvalue weighted by molar-refractivity contribution is -0.121. The molecule has 0 atom stereocenters.